The third-order valence-electron chi connectivity index (χ3n) is 3.86. The van der Waals surface area contributed by atoms with E-state index < -0.39 is 18.3 Å². The summed E-state index contributed by atoms with van der Waals surface area (Å²) in [6.07, 6.45) is 0.957. The van der Waals surface area contributed by atoms with E-state index in [2.05, 4.69) is 11.5 Å². The summed E-state index contributed by atoms with van der Waals surface area (Å²) in [5.41, 5.74) is 2.27. The van der Waals surface area contributed by atoms with E-state index in [-0.39, 0.29) is 17.1 Å². The van der Waals surface area contributed by atoms with Crippen molar-refractivity contribution >= 4 is 11.8 Å². The SMILES string of the molecule is CCCn1c(C)cc(C(=O)COC(=O)c2ccc(O)cc2O)c1C. The Bertz CT molecular complexity index is 776. The van der Waals surface area contributed by atoms with Crippen molar-refractivity contribution in [3.8, 4) is 11.5 Å². The number of phenols is 2. The molecule has 0 unspecified atom stereocenters. The normalized spacial score (nSPS) is 10.6. The average Bonchev–Trinajstić information content (AvgIpc) is 2.81. The van der Waals surface area contributed by atoms with Crippen LogP contribution in [-0.4, -0.2) is 33.1 Å². The number of Topliss-reactive ketones (excluding diaryl/α,β-unsaturated/α-hetero) is 1. The van der Waals surface area contributed by atoms with E-state index in [0.29, 0.717) is 5.56 Å². The molecule has 6 nitrogen and oxygen atoms in total. The van der Waals surface area contributed by atoms with Gasteiger partial charge in [-0.15, -0.1) is 0 Å². The minimum Gasteiger partial charge on any atom is -0.508 e. The summed E-state index contributed by atoms with van der Waals surface area (Å²) < 4.78 is 7.05. The Kier molecular flexibility index (Phi) is 5.28. The van der Waals surface area contributed by atoms with Gasteiger partial charge < -0.3 is 19.5 Å². The molecule has 0 bridgehead atoms. The van der Waals surface area contributed by atoms with Gasteiger partial charge in [0.15, 0.2) is 6.61 Å². The van der Waals surface area contributed by atoms with Crippen molar-refractivity contribution in [1.82, 2.24) is 4.57 Å². The van der Waals surface area contributed by atoms with E-state index in [1.807, 2.05) is 13.8 Å². The third kappa shape index (κ3) is 3.59. The molecule has 0 saturated heterocycles. The second-order valence-corrected chi connectivity index (χ2v) is 5.64. The second-order valence-electron chi connectivity index (χ2n) is 5.64. The molecule has 1 aromatic heterocycles. The fourth-order valence-corrected chi connectivity index (χ4v) is 2.63. The topological polar surface area (TPSA) is 88.8 Å². The van der Waals surface area contributed by atoms with E-state index in [9.17, 15) is 19.8 Å². The quantitative estimate of drug-likeness (QED) is 0.627. The molecule has 0 radical (unpaired) electrons. The minimum atomic E-state index is -0.816. The Morgan fingerprint density at radius 2 is 1.83 bits per heavy atom. The Balaban J connectivity index is 2.08. The van der Waals surface area contributed by atoms with E-state index in [1.54, 1.807) is 6.07 Å². The predicted octanol–water partition coefficient (Wildman–Crippen LogP) is 2.97. The first kappa shape index (κ1) is 17.6. The van der Waals surface area contributed by atoms with Crippen LogP contribution in [-0.2, 0) is 11.3 Å². The van der Waals surface area contributed by atoms with Gasteiger partial charge in [0.2, 0.25) is 5.78 Å². The zero-order chi connectivity index (χ0) is 17.9. The molecule has 2 rings (SSSR count). The highest BCUT2D eigenvalue weighted by molar-refractivity contribution is 6.01. The lowest BCUT2D eigenvalue weighted by atomic mass is 10.1. The molecular weight excluding hydrogens is 310 g/mol. The van der Waals surface area contributed by atoms with Crippen LogP contribution in [0.15, 0.2) is 24.3 Å². The molecule has 0 atom stereocenters. The molecule has 0 spiro atoms. The molecule has 0 aliphatic carbocycles. The number of rotatable bonds is 6. The summed E-state index contributed by atoms with van der Waals surface area (Å²) >= 11 is 0. The number of carbonyl (C=O) groups is 2. The van der Waals surface area contributed by atoms with E-state index in [4.69, 9.17) is 4.74 Å². The summed E-state index contributed by atoms with van der Waals surface area (Å²) in [5, 5.41) is 18.9. The van der Waals surface area contributed by atoms with Gasteiger partial charge in [-0.25, -0.2) is 4.79 Å². The van der Waals surface area contributed by atoms with Crippen LogP contribution < -0.4 is 0 Å². The molecule has 6 heteroatoms. The maximum absolute atomic E-state index is 12.3. The van der Waals surface area contributed by atoms with Crippen LogP contribution in [0.1, 0.15) is 45.4 Å². The first-order chi connectivity index (χ1) is 11.3. The molecule has 2 aromatic rings. The van der Waals surface area contributed by atoms with Crippen molar-refractivity contribution in [2.75, 3.05) is 6.61 Å². The molecule has 24 heavy (non-hydrogen) atoms. The number of nitrogens with zero attached hydrogens (tertiary/aromatic N) is 1. The van der Waals surface area contributed by atoms with E-state index in [1.165, 1.54) is 12.1 Å². The number of benzene rings is 1. The summed E-state index contributed by atoms with van der Waals surface area (Å²) in [7, 11) is 0. The average molecular weight is 331 g/mol. The van der Waals surface area contributed by atoms with Crippen molar-refractivity contribution in [3.05, 3.63) is 46.8 Å². The van der Waals surface area contributed by atoms with Crippen LogP contribution in [0.3, 0.4) is 0 Å². The molecule has 0 aliphatic rings. The summed E-state index contributed by atoms with van der Waals surface area (Å²) in [6.45, 7) is 6.28. The standard InChI is InChI=1S/C18H21NO5/c1-4-7-19-11(2)8-15(12(19)3)17(22)10-24-18(23)14-6-5-13(20)9-16(14)21/h5-6,8-9,20-21H,4,7,10H2,1-3H3. The fraction of sp³-hybridized carbons (Fsp3) is 0.333. The van der Waals surface area contributed by atoms with E-state index in [0.717, 1.165) is 30.4 Å². The first-order valence-corrected chi connectivity index (χ1v) is 7.74. The minimum absolute atomic E-state index is 0.0999. The smallest absolute Gasteiger partial charge is 0.342 e. The number of aromatic hydroxyl groups is 2. The van der Waals surface area contributed by atoms with Crippen molar-refractivity contribution in [1.29, 1.82) is 0 Å². The van der Waals surface area contributed by atoms with Gasteiger partial charge in [0.1, 0.15) is 17.1 Å². The fourth-order valence-electron chi connectivity index (χ4n) is 2.63. The number of ketones is 1. The van der Waals surface area contributed by atoms with Crippen LogP contribution in [0.5, 0.6) is 11.5 Å². The maximum Gasteiger partial charge on any atom is 0.342 e. The van der Waals surface area contributed by atoms with Crippen molar-refractivity contribution in [2.45, 2.75) is 33.7 Å². The monoisotopic (exact) mass is 331 g/mol. The molecule has 0 saturated carbocycles. The summed E-state index contributed by atoms with van der Waals surface area (Å²) in [6, 6.07) is 5.33. The predicted molar refractivity (Wildman–Crippen MR) is 88.6 cm³/mol. The van der Waals surface area contributed by atoms with Gasteiger partial charge in [-0.3, -0.25) is 4.79 Å². The number of aromatic nitrogens is 1. The largest absolute Gasteiger partial charge is 0.508 e. The summed E-state index contributed by atoms with van der Waals surface area (Å²) in [5.74, 6) is -1.67. The van der Waals surface area contributed by atoms with Crippen LogP contribution in [0.2, 0.25) is 0 Å². The highest BCUT2D eigenvalue weighted by Gasteiger charge is 2.19. The number of phenolic OH excluding ortho intramolecular Hbond substituents is 2. The molecule has 1 aromatic carbocycles. The lowest BCUT2D eigenvalue weighted by Gasteiger charge is -2.08. The number of aryl methyl sites for hydroxylation is 1. The van der Waals surface area contributed by atoms with Crippen LogP contribution in [0.4, 0.5) is 0 Å². The lowest BCUT2D eigenvalue weighted by molar-refractivity contribution is 0.0471. The van der Waals surface area contributed by atoms with Crippen molar-refractivity contribution < 1.29 is 24.5 Å². The number of carbonyl (C=O) groups excluding carboxylic acids is 2. The molecule has 1 heterocycles. The Morgan fingerprint density at radius 1 is 1.12 bits per heavy atom. The molecule has 0 amide bonds. The molecule has 0 aliphatic heterocycles. The van der Waals surface area contributed by atoms with Crippen LogP contribution in [0, 0.1) is 13.8 Å². The van der Waals surface area contributed by atoms with Crippen LogP contribution >= 0.6 is 0 Å². The van der Waals surface area contributed by atoms with Gasteiger partial charge in [0, 0.05) is 29.6 Å². The zero-order valence-corrected chi connectivity index (χ0v) is 14.0. The Labute approximate surface area is 140 Å². The van der Waals surface area contributed by atoms with Gasteiger partial charge in [-0.1, -0.05) is 6.92 Å². The number of esters is 1. The number of hydrogen-bond donors (Lipinski definition) is 2. The third-order valence-corrected chi connectivity index (χ3v) is 3.86. The summed E-state index contributed by atoms with van der Waals surface area (Å²) in [4.78, 5) is 24.3. The molecule has 128 valence electrons. The lowest BCUT2D eigenvalue weighted by Crippen LogP contribution is -2.15. The van der Waals surface area contributed by atoms with Crippen LogP contribution in [0.25, 0.3) is 0 Å². The Morgan fingerprint density at radius 3 is 2.46 bits per heavy atom. The van der Waals surface area contributed by atoms with Gasteiger partial charge in [-0.05, 0) is 38.5 Å². The highest BCUT2D eigenvalue weighted by atomic mass is 16.5. The Hall–Kier alpha value is -2.76. The maximum atomic E-state index is 12.3. The van der Waals surface area contributed by atoms with Crippen molar-refractivity contribution in [2.24, 2.45) is 0 Å². The zero-order valence-electron chi connectivity index (χ0n) is 14.0. The number of ether oxygens (including phenoxy) is 1. The van der Waals surface area contributed by atoms with Gasteiger partial charge >= 0.3 is 5.97 Å². The molecule has 2 N–H and O–H groups in total. The van der Waals surface area contributed by atoms with Crippen molar-refractivity contribution in [3.63, 3.8) is 0 Å². The second kappa shape index (κ2) is 7.21. The van der Waals surface area contributed by atoms with E-state index >= 15 is 0 Å². The van der Waals surface area contributed by atoms with Gasteiger partial charge in [0.05, 0.1) is 0 Å². The molecular formula is C18H21NO5. The van der Waals surface area contributed by atoms with Gasteiger partial charge in [-0.2, -0.15) is 0 Å². The first-order valence-electron chi connectivity index (χ1n) is 7.74. The van der Waals surface area contributed by atoms with Gasteiger partial charge in [0.25, 0.3) is 0 Å². The highest BCUT2D eigenvalue weighted by Crippen LogP contribution is 2.23. The number of hydrogen-bond acceptors (Lipinski definition) is 5. The molecule has 0 fully saturated rings.